The minimum Gasteiger partial charge on any atom is -0.455 e. The van der Waals surface area contributed by atoms with Crippen molar-refractivity contribution < 1.29 is 8.83 Å². The summed E-state index contributed by atoms with van der Waals surface area (Å²) in [6.07, 6.45) is 0. The summed E-state index contributed by atoms with van der Waals surface area (Å²) in [6, 6.07) is 93.6. The molecule has 2 aromatic heterocycles. The topological polar surface area (TPSA) is 26.3 Å². The molecule has 0 amide bonds. The minimum absolute atomic E-state index is 0.552. The summed E-state index contributed by atoms with van der Waals surface area (Å²) >= 11 is 0. The lowest BCUT2D eigenvalue weighted by atomic mass is 9.67. The van der Waals surface area contributed by atoms with Gasteiger partial charge < -0.3 is 8.83 Å². The van der Waals surface area contributed by atoms with Gasteiger partial charge in [0.05, 0.1) is 5.41 Å². The average Bonchev–Trinajstić information content (AvgIpc) is 4.14. The van der Waals surface area contributed by atoms with E-state index >= 15 is 0 Å². The van der Waals surface area contributed by atoms with Gasteiger partial charge in [-0.1, -0.05) is 237 Å². The molecule has 73 heavy (non-hydrogen) atoms. The fourth-order valence-corrected chi connectivity index (χ4v) is 13.2. The zero-order chi connectivity index (χ0) is 47.8. The number of para-hydroxylation sites is 2. The Morgan fingerprint density at radius 1 is 0.247 bits per heavy atom. The van der Waals surface area contributed by atoms with E-state index in [1.165, 1.54) is 76.8 Å². The second-order valence-corrected chi connectivity index (χ2v) is 19.7. The number of fused-ring (bicyclic) bond motifs is 15. The Morgan fingerprint density at radius 3 is 1.22 bits per heavy atom. The molecule has 0 fully saturated rings. The molecule has 1 aliphatic carbocycles. The Hall–Kier alpha value is -9.50. The molecule has 1 aliphatic rings. The van der Waals surface area contributed by atoms with Gasteiger partial charge in [-0.3, -0.25) is 0 Å². The third kappa shape index (κ3) is 5.52. The molecule has 0 N–H and O–H groups in total. The largest absolute Gasteiger partial charge is 0.455 e. The van der Waals surface area contributed by atoms with Crippen LogP contribution >= 0.6 is 0 Å². The Bertz CT molecular complexity index is 4530. The predicted octanol–water partition coefficient (Wildman–Crippen LogP) is 19.5. The van der Waals surface area contributed by atoms with Crippen LogP contribution in [-0.4, -0.2) is 0 Å². The van der Waals surface area contributed by atoms with E-state index in [1.807, 2.05) is 0 Å². The molecule has 2 heterocycles. The van der Waals surface area contributed by atoms with Gasteiger partial charge in [0.15, 0.2) is 0 Å². The average molecular weight is 927 g/mol. The van der Waals surface area contributed by atoms with E-state index in [2.05, 4.69) is 255 Å². The number of benzene rings is 13. The van der Waals surface area contributed by atoms with E-state index in [4.69, 9.17) is 8.83 Å². The Morgan fingerprint density at radius 2 is 0.658 bits per heavy atom. The molecule has 0 atom stereocenters. The lowest BCUT2D eigenvalue weighted by Gasteiger charge is -2.34. The van der Waals surface area contributed by atoms with Crippen LogP contribution in [0, 0.1) is 0 Å². The third-order valence-electron chi connectivity index (χ3n) is 16.1. The van der Waals surface area contributed by atoms with Crippen LogP contribution in [0.15, 0.2) is 264 Å². The molecule has 338 valence electrons. The first kappa shape index (κ1) is 40.3. The van der Waals surface area contributed by atoms with Crippen molar-refractivity contribution in [2.24, 2.45) is 0 Å². The van der Waals surface area contributed by atoms with Crippen molar-refractivity contribution in [1.29, 1.82) is 0 Å². The maximum absolute atomic E-state index is 6.99. The van der Waals surface area contributed by atoms with Gasteiger partial charge in [-0.25, -0.2) is 0 Å². The smallest absolute Gasteiger partial charge is 0.143 e. The molecule has 0 saturated heterocycles. The SMILES string of the molecule is c1ccc(C2(c3ccccc3)c3ccccc3-c3c(-c4c5cccc(-c6cccc7c6oc6ccc8ccccc8c67)c5cc5c(-c6cccc7c6oc6ccc8ccccc8c67)cccc45)cccc32)cc1. The van der Waals surface area contributed by atoms with Crippen LogP contribution < -0.4 is 0 Å². The highest BCUT2D eigenvalue weighted by Crippen LogP contribution is 2.59. The number of hydrogen-bond donors (Lipinski definition) is 0. The normalized spacial score (nSPS) is 13.0. The summed E-state index contributed by atoms with van der Waals surface area (Å²) in [4.78, 5) is 0. The minimum atomic E-state index is -0.552. The van der Waals surface area contributed by atoms with Gasteiger partial charge >= 0.3 is 0 Å². The van der Waals surface area contributed by atoms with Gasteiger partial charge in [-0.05, 0) is 117 Å². The van der Waals surface area contributed by atoms with Gasteiger partial charge in [0, 0.05) is 32.7 Å². The maximum atomic E-state index is 6.99. The number of hydrogen-bond acceptors (Lipinski definition) is 2. The molecule has 0 aliphatic heterocycles. The van der Waals surface area contributed by atoms with Crippen molar-refractivity contribution in [2.45, 2.75) is 5.41 Å². The van der Waals surface area contributed by atoms with E-state index in [0.29, 0.717) is 0 Å². The van der Waals surface area contributed by atoms with Crippen LogP contribution in [0.3, 0.4) is 0 Å². The summed E-state index contributed by atoms with van der Waals surface area (Å²) in [5, 5.41) is 14.0. The van der Waals surface area contributed by atoms with E-state index in [9.17, 15) is 0 Å². The van der Waals surface area contributed by atoms with Crippen molar-refractivity contribution in [3.05, 3.63) is 277 Å². The maximum Gasteiger partial charge on any atom is 0.143 e. The number of rotatable bonds is 5. The van der Waals surface area contributed by atoms with Crippen LogP contribution in [0.25, 0.3) is 131 Å². The van der Waals surface area contributed by atoms with E-state index in [-0.39, 0.29) is 0 Å². The highest BCUT2D eigenvalue weighted by Gasteiger charge is 2.47. The van der Waals surface area contributed by atoms with Gasteiger partial charge in [-0.15, -0.1) is 0 Å². The monoisotopic (exact) mass is 926 g/mol. The van der Waals surface area contributed by atoms with E-state index in [0.717, 1.165) is 76.9 Å². The summed E-state index contributed by atoms with van der Waals surface area (Å²) in [5.74, 6) is 0. The number of furan rings is 2. The van der Waals surface area contributed by atoms with Crippen LogP contribution in [-0.2, 0) is 5.41 Å². The molecule has 0 unspecified atom stereocenters. The zero-order valence-electron chi connectivity index (χ0n) is 39.6. The summed E-state index contributed by atoms with van der Waals surface area (Å²) < 4.78 is 14.0. The summed E-state index contributed by atoms with van der Waals surface area (Å²) in [5.41, 5.74) is 17.3. The summed E-state index contributed by atoms with van der Waals surface area (Å²) in [7, 11) is 0. The van der Waals surface area contributed by atoms with E-state index < -0.39 is 5.41 Å². The molecular weight excluding hydrogens is 885 g/mol. The lowest BCUT2D eigenvalue weighted by Crippen LogP contribution is -2.28. The Balaban J connectivity index is 1.05. The second kappa shape index (κ2) is 15.3. The first-order chi connectivity index (χ1) is 36.2. The molecule has 0 spiro atoms. The van der Waals surface area contributed by atoms with Gasteiger partial charge in [0.2, 0.25) is 0 Å². The van der Waals surface area contributed by atoms with Crippen LogP contribution in [0.1, 0.15) is 22.3 Å². The molecular formula is C71H42O2. The first-order valence-electron chi connectivity index (χ1n) is 25.2. The van der Waals surface area contributed by atoms with E-state index in [1.54, 1.807) is 0 Å². The molecule has 0 bridgehead atoms. The zero-order valence-corrected chi connectivity index (χ0v) is 39.6. The van der Waals surface area contributed by atoms with Crippen LogP contribution in [0.4, 0.5) is 0 Å². The Labute approximate surface area is 420 Å². The fraction of sp³-hybridized carbons (Fsp3) is 0.0141. The molecule has 13 aromatic carbocycles. The third-order valence-corrected chi connectivity index (χ3v) is 16.1. The molecule has 0 saturated carbocycles. The highest BCUT2D eigenvalue weighted by molar-refractivity contribution is 6.26. The Kier molecular flexibility index (Phi) is 8.41. The first-order valence-corrected chi connectivity index (χ1v) is 25.2. The van der Waals surface area contributed by atoms with Gasteiger partial charge in [0.25, 0.3) is 0 Å². The second-order valence-electron chi connectivity index (χ2n) is 19.7. The van der Waals surface area contributed by atoms with Crippen molar-refractivity contribution in [2.75, 3.05) is 0 Å². The molecule has 2 heteroatoms. The van der Waals surface area contributed by atoms with Gasteiger partial charge in [-0.2, -0.15) is 0 Å². The molecule has 16 rings (SSSR count). The van der Waals surface area contributed by atoms with Crippen LogP contribution in [0.5, 0.6) is 0 Å². The van der Waals surface area contributed by atoms with Crippen molar-refractivity contribution >= 4 is 87.0 Å². The van der Waals surface area contributed by atoms with Crippen molar-refractivity contribution in [3.63, 3.8) is 0 Å². The van der Waals surface area contributed by atoms with Crippen LogP contribution in [0.2, 0.25) is 0 Å². The van der Waals surface area contributed by atoms with Gasteiger partial charge in [0.1, 0.15) is 22.3 Å². The highest BCUT2D eigenvalue weighted by atomic mass is 16.3. The molecule has 2 nitrogen and oxygen atoms in total. The summed E-state index contributed by atoms with van der Waals surface area (Å²) in [6.45, 7) is 0. The fourth-order valence-electron chi connectivity index (χ4n) is 13.2. The van der Waals surface area contributed by atoms with Crippen molar-refractivity contribution in [3.8, 4) is 44.5 Å². The standard InChI is InChI=1S/C71H42O2/c1-3-20-45(21-4-1)71(46-22-5-2-6-23-46)61-36-12-11-26-55(61)66-56(33-17-37-62(66)71)65-51-29-13-27-49(53-31-15-34-57-67-47-24-9-7-18-43(47)38-40-63(67)72-69(53)57)59(51)42-60-50(28-14-30-52(60)65)54-32-16-35-58-68-48-25-10-8-19-44(48)39-41-64(68)73-70(54)58/h1-42H. The quantitative estimate of drug-likeness (QED) is 0.161. The molecule has 0 radical (unpaired) electrons. The molecule has 15 aromatic rings. The van der Waals surface area contributed by atoms with Crippen molar-refractivity contribution in [1.82, 2.24) is 0 Å². The predicted molar refractivity (Wildman–Crippen MR) is 305 cm³/mol. The lowest BCUT2D eigenvalue weighted by molar-refractivity contribution is 0.670.